The summed E-state index contributed by atoms with van der Waals surface area (Å²) in [5.41, 5.74) is 1.02. The Labute approximate surface area is 93.5 Å². The van der Waals surface area contributed by atoms with Crippen molar-refractivity contribution in [3.63, 3.8) is 0 Å². The molecule has 0 spiro atoms. The first-order valence-corrected chi connectivity index (χ1v) is 5.52. The van der Waals surface area contributed by atoms with Gasteiger partial charge in [0.2, 0.25) is 12.7 Å². The van der Waals surface area contributed by atoms with Crippen LogP contribution in [0.5, 0.6) is 11.5 Å². The van der Waals surface area contributed by atoms with Crippen LogP contribution in [0.4, 0.5) is 0 Å². The molecule has 1 amide bonds. The SMILES string of the molecule is O=C1NCCCC1c1ccc2c(c1)OCO2. The molecule has 4 heteroatoms. The molecule has 3 rings (SSSR count). The van der Waals surface area contributed by atoms with E-state index in [-0.39, 0.29) is 18.6 Å². The average molecular weight is 219 g/mol. The number of nitrogens with one attached hydrogen (secondary N) is 1. The maximum absolute atomic E-state index is 11.7. The minimum atomic E-state index is -0.0387. The number of piperidine rings is 1. The second-order valence-corrected chi connectivity index (χ2v) is 4.10. The third-order valence-electron chi connectivity index (χ3n) is 3.08. The number of amides is 1. The molecule has 1 atom stereocenters. The van der Waals surface area contributed by atoms with Crippen molar-refractivity contribution in [2.24, 2.45) is 0 Å². The molecule has 0 saturated carbocycles. The van der Waals surface area contributed by atoms with Gasteiger partial charge in [-0.1, -0.05) is 6.07 Å². The van der Waals surface area contributed by atoms with E-state index < -0.39 is 0 Å². The van der Waals surface area contributed by atoms with E-state index in [9.17, 15) is 4.79 Å². The normalized spacial score (nSPS) is 23.0. The number of hydrogen-bond donors (Lipinski definition) is 1. The number of carbonyl (C=O) groups is 1. The van der Waals surface area contributed by atoms with Crippen LogP contribution in [0.2, 0.25) is 0 Å². The van der Waals surface area contributed by atoms with Crippen LogP contribution < -0.4 is 14.8 Å². The molecule has 1 saturated heterocycles. The van der Waals surface area contributed by atoms with E-state index >= 15 is 0 Å². The number of carbonyl (C=O) groups excluding carboxylic acids is 1. The third kappa shape index (κ3) is 1.50. The number of hydrogen-bond acceptors (Lipinski definition) is 3. The van der Waals surface area contributed by atoms with Gasteiger partial charge in [0.15, 0.2) is 11.5 Å². The molecule has 0 bridgehead atoms. The van der Waals surface area contributed by atoms with Gasteiger partial charge >= 0.3 is 0 Å². The number of ether oxygens (including phenoxy) is 2. The second kappa shape index (κ2) is 3.70. The predicted octanol–water partition coefficient (Wildman–Crippen LogP) is 1.41. The van der Waals surface area contributed by atoms with Gasteiger partial charge in [-0.25, -0.2) is 0 Å². The Morgan fingerprint density at radius 1 is 1.25 bits per heavy atom. The van der Waals surface area contributed by atoms with Crippen LogP contribution in [0.25, 0.3) is 0 Å². The molecule has 1 N–H and O–H groups in total. The average Bonchev–Trinajstić information content (AvgIpc) is 2.76. The summed E-state index contributed by atoms with van der Waals surface area (Å²) in [4.78, 5) is 11.7. The number of benzene rings is 1. The highest BCUT2D eigenvalue weighted by Crippen LogP contribution is 2.36. The van der Waals surface area contributed by atoms with E-state index in [2.05, 4.69) is 5.32 Å². The summed E-state index contributed by atoms with van der Waals surface area (Å²) in [5.74, 6) is 1.59. The summed E-state index contributed by atoms with van der Waals surface area (Å²) >= 11 is 0. The summed E-state index contributed by atoms with van der Waals surface area (Å²) in [6, 6.07) is 5.74. The Morgan fingerprint density at radius 2 is 2.12 bits per heavy atom. The maximum atomic E-state index is 11.7. The number of fused-ring (bicyclic) bond motifs is 1. The lowest BCUT2D eigenvalue weighted by atomic mass is 9.91. The fraction of sp³-hybridized carbons (Fsp3) is 0.417. The van der Waals surface area contributed by atoms with Crippen molar-refractivity contribution in [2.75, 3.05) is 13.3 Å². The molecule has 4 nitrogen and oxygen atoms in total. The molecule has 84 valence electrons. The van der Waals surface area contributed by atoms with Gasteiger partial charge in [-0.2, -0.15) is 0 Å². The molecular formula is C12H13NO3. The van der Waals surface area contributed by atoms with Gasteiger partial charge in [0.05, 0.1) is 5.92 Å². The fourth-order valence-electron chi connectivity index (χ4n) is 2.22. The van der Waals surface area contributed by atoms with E-state index in [0.717, 1.165) is 36.4 Å². The number of rotatable bonds is 1. The zero-order valence-corrected chi connectivity index (χ0v) is 8.86. The quantitative estimate of drug-likeness (QED) is 0.776. The van der Waals surface area contributed by atoms with Crippen molar-refractivity contribution in [3.8, 4) is 11.5 Å². The smallest absolute Gasteiger partial charge is 0.231 e. The van der Waals surface area contributed by atoms with Gasteiger partial charge in [-0.05, 0) is 30.5 Å². The lowest BCUT2D eigenvalue weighted by Crippen LogP contribution is -2.34. The van der Waals surface area contributed by atoms with Gasteiger partial charge in [0, 0.05) is 6.54 Å². The van der Waals surface area contributed by atoms with E-state index in [4.69, 9.17) is 9.47 Å². The first-order chi connectivity index (χ1) is 7.84. The standard InChI is InChI=1S/C12H13NO3/c14-12-9(2-1-5-13-12)8-3-4-10-11(6-8)16-7-15-10/h3-4,6,9H,1-2,5,7H2,(H,13,14). The van der Waals surface area contributed by atoms with Crippen molar-refractivity contribution in [1.82, 2.24) is 5.32 Å². The lowest BCUT2D eigenvalue weighted by Gasteiger charge is -2.22. The third-order valence-corrected chi connectivity index (χ3v) is 3.08. The van der Waals surface area contributed by atoms with Crippen molar-refractivity contribution in [3.05, 3.63) is 23.8 Å². The molecule has 16 heavy (non-hydrogen) atoms. The van der Waals surface area contributed by atoms with Crippen molar-refractivity contribution in [1.29, 1.82) is 0 Å². The molecule has 2 heterocycles. The van der Waals surface area contributed by atoms with E-state index in [1.807, 2.05) is 18.2 Å². The Bertz CT molecular complexity index is 430. The minimum Gasteiger partial charge on any atom is -0.454 e. The molecule has 1 unspecified atom stereocenters. The summed E-state index contributed by atoms with van der Waals surface area (Å²) in [6.07, 6.45) is 1.94. The zero-order chi connectivity index (χ0) is 11.0. The Hall–Kier alpha value is -1.71. The molecule has 1 aromatic rings. The molecule has 0 aromatic heterocycles. The van der Waals surface area contributed by atoms with Crippen LogP contribution in [0.3, 0.4) is 0 Å². The van der Waals surface area contributed by atoms with Gasteiger partial charge in [0.25, 0.3) is 0 Å². The van der Waals surface area contributed by atoms with E-state index in [0.29, 0.717) is 0 Å². The predicted molar refractivity (Wildman–Crippen MR) is 57.5 cm³/mol. The van der Waals surface area contributed by atoms with Gasteiger partial charge in [0.1, 0.15) is 0 Å². The van der Waals surface area contributed by atoms with Crippen LogP contribution in [0, 0.1) is 0 Å². The molecule has 1 fully saturated rings. The van der Waals surface area contributed by atoms with E-state index in [1.165, 1.54) is 0 Å². The first-order valence-electron chi connectivity index (χ1n) is 5.52. The topological polar surface area (TPSA) is 47.6 Å². The molecule has 1 aromatic carbocycles. The summed E-state index contributed by atoms with van der Waals surface area (Å²) in [6.45, 7) is 1.07. The summed E-state index contributed by atoms with van der Waals surface area (Å²) in [5, 5.41) is 2.89. The maximum Gasteiger partial charge on any atom is 0.231 e. The molecule has 0 radical (unpaired) electrons. The minimum absolute atomic E-state index is 0.0387. The first kappa shape index (κ1) is 9.51. The van der Waals surface area contributed by atoms with Crippen molar-refractivity contribution in [2.45, 2.75) is 18.8 Å². The van der Waals surface area contributed by atoms with Gasteiger partial charge in [-0.15, -0.1) is 0 Å². The highest BCUT2D eigenvalue weighted by molar-refractivity contribution is 5.84. The lowest BCUT2D eigenvalue weighted by molar-refractivity contribution is -0.123. The van der Waals surface area contributed by atoms with Gasteiger partial charge in [-0.3, -0.25) is 4.79 Å². The van der Waals surface area contributed by atoms with E-state index in [1.54, 1.807) is 0 Å². The van der Waals surface area contributed by atoms with Gasteiger partial charge < -0.3 is 14.8 Å². The Balaban J connectivity index is 1.91. The van der Waals surface area contributed by atoms with Crippen LogP contribution >= 0.6 is 0 Å². The Morgan fingerprint density at radius 3 is 3.00 bits per heavy atom. The zero-order valence-electron chi connectivity index (χ0n) is 8.86. The molecule has 2 aliphatic heterocycles. The summed E-state index contributed by atoms with van der Waals surface area (Å²) in [7, 11) is 0. The molecular weight excluding hydrogens is 206 g/mol. The van der Waals surface area contributed by atoms with Crippen molar-refractivity contribution >= 4 is 5.91 Å². The summed E-state index contributed by atoms with van der Waals surface area (Å²) < 4.78 is 10.6. The second-order valence-electron chi connectivity index (χ2n) is 4.10. The van der Waals surface area contributed by atoms with Crippen LogP contribution in [-0.2, 0) is 4.79 Å². The molecule has 0 aliphatic carbocycles. The fourth-order valence-corrected chi connectivity index (χ4v) is 2.22. The van der Waals surface area contributed by atoms with Crippen LogP contribution in [-0.4, -0.2) is 19.2 Å². The molecule has 2 aliphatic rings. The van der Waals surface area contributed by atoms with Crippen LogP contribution in [0.1, 0.15) is 24.3 Å². The monoisotopic (exact) mass is 219 g/mol. The highest BCUT2D eigenvalue weighted by atomic mass is 16.7. The van der Waals surface area contributed by atoms with Crippen LogP contribution in [0.15, 0.2) is 18.2 Å². The largest absolute Gasteiger partial charge is 0.454 e. The van der Waals surface area contributed by atoms with Crippen molar-refractivity contribution < 1.29 is 14.3 Å². The Kier molecular flexibility index (Phi) is 2.20. The highest BCUT2D eigenvalue weighted by Gasteiger charge is 2.25.